The van der Waals surface area contributed by atoms with Crippen LogP contribution in [0.1, 0.15) is 11.5 Å². The van der Waals surface area contributed by atoms with Gasteiger partial charge in [-0.1, -0.05) is 23.7 Å². The summed E-state index contributed by atoms with van der Waals surface area (Å²) in [5.74, 6) is -2.85. The van der Waals surface area contributed by atoms with E-state index in [1.165, 1.54) is 27.8 Å². The summed E-state index contributed by atoms with van der Waals surface area (Å²) in [5.41, 5.74) is 0.673. The minimum atomic E-state index is -0.976. The van der Waals surface area contributed by atoms with Crippen molar-refractivity contribution in [2.75, 3.05) is 18.9 Å². The molecule has 1 fully saturated rings. The SMILES string of the molecule is CN1C[C@H](c2cnn(C)c2Cl)[C@@H](C(=O)Nc2ccccc2F)C1=O. The second-order valence-electron chi connectivity index (χ2n) is 5.79. The third-order valence-corrected chi connectivity index (χ3v) is 4.68. The van der Waals surface area contributed by atoms with Gasteiger partial charge in [-0.2, -0.15) is 5.10 Å². The van der Waals surface area contributed by atoms with Crippen molar-refractivity contribution in [3.63, 3.8) is 0 Å². The van der Waals surface area contributed by atoms with Crippen molar-refractivity contribution in [3.05, 3.63) is 47.0 Å². The molecule has 0 unspecified atom stereocenters. The van der Waals surface area contributed by atoms with Crippen LogP contribution in [0.4, 0.5) is 10.1 Å². The molecule has 6 nitrogen and oxygen atoms in total. The van der Waals surface area contributed by atoms with E-state index in [1.54, 1.807) is 26.4 Å². The van der Waals surface area contributed by atoms with Crippen LogP contribution in [-0.4, -0.2) is 40.1 Å². The Hall–Kier alpha value is -2.41. The molecule has 0 bridgehead atoms. The molecule has 1 aliphatic rings. The van der Waals surface area contributed by atoms with E-state index in [2.05, 4.69) is 10.4 Å². The van der Waals surface area contributed by atoms with Gasteiger partial charge in [-0.3, -0.25) is 14.3 Å². The van der Waals surface area contributed by atoms with Crippen LogP contribution in [0.3, 0.4) is 0 Å². The lowest BCUT2D eigenvalue weighted by molar-refractivity contribution is -0.135. The van der Waals surface area contributed by atoms with Crippen LogP contribution in [0, 0.1) is 11.7 Å². The third-order valence-electron chi connectivity index (χ3n) is 4.22. The van der Waals surface area contributed by atoms with Crippen LogP contribution in [0.15, 0.2) is 30.5 Å². The first kappa shape index (κ1) is 16.4. The quantitative estimate of drug-likeness (QED) is 0.861. The van der Waals surface area contributed by atoms with E-state index in [0.29, 0.717) is 17.3 Å². The zero-order chi connectivity index (χ0) is 17.4. The molecule has 0 aliphatic carbocycles. The maximum Gasteiger partial charge on any atom is 0.237 e. The standard InChI is InChI=1S/C16H16ClFN4O2/c1-21-8-10(9-7-19-22(2)14(9)17)13(16(21)24)15(23)20-12-6-4-3-5-11(12)18/h3-7,10,13H,8H2,1-2H3,(H,20,23)/t10-,13+/m1/s1. The summed E-state index contributed by atoms with van der Waals surface area (Å²) in [7, 11) is 3.30. The number of hydrogen-bond donors (Lipinski definition) is 1. The summed E-state index contributed by atoms with van der Waals surface area (Å²) in [6, 6.07) is 5.82. The third kappa shape index (κ3) is 2.75. The van der Waals surface area contributed by atoms with Crippen LogP contribution in [0.2, 0.25) is 5.15 Å². The first-order chi connectivity index (χ1) is 11.4. The van der Waals surface area contributed by atoms with Gasteiger partial charge in [-0.05, 0) is 12.1 Å². The summed E-state index contributed by atoms with van der Waals surface area (Å²) < 4.78 is 15.2. The number of aryl methyl sites for hydroxylation is 1. The highest BCUT2D eigenvalue weighted by Gasteiger charge is 2.45. The minimum Gasteiger partial charge on any atom is -0.344 e. The molecule has 3 rings (SSSR count). The first-order valence-electron chi connectivity index (χ1n) is 7.38. The summed E-state index contributed by atoms with van der Waals surface area (Å²) in [6.45, 7) is 0.347. The number of carbonyl (C=O) groups is 2. The van der Waals surface area contributed by atoms with E-state index in [1.807, 2.05) is 0 Å². The molecule has 2 amide bonds. The average molecular weight is 351 g/mol. The van der Waals surface area contributed by atoms with Gasteiger partial charge in [0.15, 0.2) is 0 Å². The van der Waals surface area contributed by atoms with Gasteiger partial charge >= 0.3 is 0 Å². The molecule has 0 spiro atoms. The van der Waals surface area contributed by atoms with Crippen molar-refractivity contribution in [2.45, 2.75) is 5.92 Å². The van der Waals surface area contributed by atoms with E-state index >= 15 is 0 Å². The molecule has 2 atom stereocenters. The molecule has 1 N–H and O–H groups in total. The summed E-state index contributed by atoms with van der Waals surface area (Å²) >= 11 is 6.22. The molecule has 0 radical (unpaired) electrons. The Balaban J connectivity index is 1.91. The molecular weight excluding hydrogens is 335 g/mol. The van der Waals surface area contributed by atoms with Gasteiger partial charge in [0.05, 0.1) is 11.9 Å². The Kier molecular flexibility index (Phi) is 4.28. The number of para-hydroxylation sites is 1. The van der Waals surface area contributed by atoms with Crippen molar-refractivity contribution in [3.8, 4) is 0 Å². The van der Waals surface area contributed by atoms with Crippen LogP contribution in [0.25, 0.3) is 0 Å². The number of likely N-dealkylation sites (tertiary alicyclic amines) is 1. The number of carbonyl (C=O) groups excluding carboxylic acids is 2. The Labute approximate surface area is 143 Å². The van der Waals surface area contributed by atoms with E-state index in [9.17, 15) is 14.0 Å². The second-order valence-corrected chi connectivity index (χ2v) is 6.14. The Morgan fingerprint density at radius 3 is 2.71 bits per heavy atom. The zero-order valence-corrected chi connectivity index (χ0v) is 13.9. The van der Waals surface area contributed by atoms with Gasteiger partial charge in [0, 0.05) is 32.1 Å². The predicted octanol–water partition coefficient (Wildman–Crippen LogP) is 2.02. The molecule has 1 aromatic carbocycles. The summed E-state index contributed by atoms with van der Waals surface area (Å²) in [4.78, 5) is 26.5. The molecule has 1 saturated heterocycles. The van der Waals surface area contributed by atoms with Crippen molar-refractivity contribution in [1.82, 2.24) is 14.7 Å². The predicted molar refractivity (Wildman–Crippen MR) is 87.1 cm³/mol. The van der Waals surface area contributed by atoms with E-state index in [4.69, 9.17) is 11.6 Å². The average Bonchev–Trinajstić information content (AvgIpc) is 3.02. The fourth-order valence-corrected chi connectivity index (χ4v) is 3.17. The first-order valence-corrected chi connectivity index (χ1v) is 7.75. The highest BCUT2D eigenvalue weighted by Crippen LogP contribution is 2.37. The van der Waals surface area contributed by atoms with Crippen molar-refractivity contribution in [1.29, 1.82) is 0 Å². The van der Waals surface area contributed by atoms with Gasteiger partial charge in [-0.15, -0.1) is 0 Å². The largest absolute Gasteiger partial charge is 0.344 e. The zero-order valence-electron chi connectivity index (χ0n) is 13.2. The summed E-state index contributed by atoms with van der Waals surface area (Å²) in [6.07, 6.45) is 1.56. The number of halogens is 2. The monoisotopic (exact) mass is 350 g/mol. The normalized spacial score (nSPS) is 20.5. The Morgan fingerprint density at radius 1 is 1.38 bits per heavy atom. The van der Waals surface area contributed by atoms with Crippen molar-refractivity contribution >= 4 is 29.1 Å². The number of nitrogens with one attached hydrogen (secondary N) is 1. The fraction of sp³-hybridized carbons (Fsp3) is 0.312. The molecule has 1 aromatic heterocycles. The number of nitrogens with zero attached hydrogens (tertiary/aromatic N) is 3. The number of amides is 2. The number of rotatable bonds is 3. The maximum atomic E-state index is 13.8. The molecule has 2 aromatic rings. The van der Waals surface area contributed by atoms with Gasteiger partial charge in [-0.25, -0.2) is 4.39 Å². The topological polar surface area (TPSA) is 67.2 Å². The van der Waals surface area contributed by atoms with E-state index < -0.39 is 23.6 Å². The Bertz CT molecular complexity index is 807. The number of aromatic nitrogens is 2. The highest BCUT2D eigenvalue weighted by atomic mass is 35.5. The molecule has 24 heavy (non-hydrogen) atoms. The number of hydrogen-bond acceptors (Lipinski definition) is 3. The minimum absolute atomic E-state index is 0.0425. The van der Waals surface area contributed by atoms with Gasteiger partial charge in [0.25, 0.3) is 0 Å². The van der Waals surface area contributed by atoms with Crippen LogP contribution in [0.5, 0.6) is 0 Å². The lowest BCUT2D eigenvalue weighted by Crippen LogP contribution is -2.33. The molecular formula is C16H16ClFN4O2. The fourth-order valence-electron chi connectivity index (χ4n) is 2.93. The summed E-state index contributed by atoms with van der Waals surface area (Å²) in [5, 5.41) is 6.94. The van der Waals surface area contributed by atoms with Gasteiger partial charge in [0.2, 0.25) is 11.8 Å². The molecule has 1 aliphatic heterocycles. The number of anilines is 1. The lowest BCUT2D eigenvalue weighted by atomic mass is 9.89. The van der Waals surface area contributed by atoms with Crippen LogP contribution < -0.4 is 5.32 Å². The second kappa shape index (κ2) is 6.24. The van der Waals surface area contributed by atoms with Gasteiger partial charge in [0.1, 0.15) is 16.9 Å². The molecule has 0 saturated carbocycles. The van der Waals surface area contributed by atoms with Gasteiger partial charge < -0.3 is 10.2 Å². The van der Waals surface area contributed by atoms with Crippen LogP contribution in [-0.2, 0) is 16.6 Å². The number of benzene rings is 1. The van der Waals surface area contributed by atoms with Crippen LogP contribution >= 0.6 is 11.6 Å². The van der Waals surface area contributed by atoms with Crippen molar-refractivity contribution in [2.24, 2.45) is 13.0 Å². The molecule has 8 heteroatoms. The smallest absolute Gasteiger partial charge is 0.237 e. The van der Waals surface area contributed by atoms with Crippen molar-refractivity contribution < 1.29 is 14.0 Å². The van der Waals surface area contributed by atoms with E-state index in [-0.39, 0.29) is 11.6 Å². The molecule has 2 heterocycles. The lowest BCUT2D eigenvalue weighted by Gasteiger charge is -2.16. The Morgan fingerprint density at radius 2 is 2.08 bits per heavy atom. The maximum absolute atomic E-state index is 13.8. The highest BCUT2D eigenvalue weighted by molar-refractivity contribution is 6.30. The van der Waals surface area contributed by atoms with E-state index in [0.717, 1.165) is 0 Å². The number of likely N-dealkylation sites (N-methyl/N-ethyl adjacent to an activating group) is 1. The molecule has 126 valence electrons.